The molecule has 1 aromatic carbocycles. The molecule has 2 N–H and O–H groups in total. The molecule has 2 nitrogen and oxygen atoms in total. The van der Waals surface area contributed by atoms with E-state index in [1.165, 1.54) is 48.1 Å². The summed E-state index contributed by atoms with van der Waals surface area (Å²) in [5, 5.41) is 7.04. The van der Waals surface area contributed by atoms with E-state index in [-0.39, 0.29) is 0 Å². The van der Waals surface area contributed by atoms with Crippen LogP contribution in [0.5, 0.6) is 0 Å². The molecule has 1 fully saturated rings. The molecule has 17 heavy (non-hydrogen) atoms. The van der Waals surface area contributed by atoms with Gasteiger partial charge >= 0.3 is 0 Å². The van der Waals surface area contributed by atoms with Crippen LogP contribution in [0.25, 0.3) is 0 Å². The van der Waals surface area contributed by atoms with Crippen molar-refractivity contribution in [2.75, 3.05) is 25.0 Å². The van der Waals surface area contributed by atoms with Crippen molar-refractivity contribution in [3.8, 4) is 0 Å². The number of fused-ring (bicyclic) bond motifs is 1. The van der Waals surface area contributed by atoms with Crippen molar-refractivity contribution < 1.29 is 0 Å². The third-order valence-electron chi connectivity index (χ3n) is 4.01. The first-order valence-corrected chi connectivity index (χ1v) is 7.36. The number of rotatable bonds is 2. The van der Waals surface area contributed by atoms with Gasteiger partial charge < -0.3 is 10.6 Å². The molecule has 1 saturated heterocycles. The van der Waals surface area contributed by atoms with Crippen LogP contribution in [0.2, 0.25) is 0 Å². The molecule has 1 aromatic rings. The van der Waals surface area contributed by atoms with Crippen LogP contribution in [0.4, 0.5) is 5.69 Å². The van der Waals surface area contributed by atoms with Gasteiger partial charge in [0.2, 0.25) is 0 Å². The summed E-state index contributed by atoms with van der Waals surface area (Å²) < 4.78 is 1.20. The molecule has 0 radical (unpaired) electrons. The standard InChI is InChI=1S/C14H19BrN2/c15-12-3-4-14-13(7-12)11(9-17-14)6-10-2-1-5-16-8-10/h3-4,7,10-11,16-17H,1-2,5-6,8-9H2. The Morgan fingerprint density at radius 2 is 2.24 bits per heavy atom. The first kappa shape index (κ1) is 11.5. The zero-order valence-electron chi connectivity index (χ0n) is 10.0. The van der Waals surface area contributed by atoms with Crippen LogP contribution in [-0.2, 0) is 0 Å². The Hall–Kier alpha value is -0.540. The molecule has 2 unspecified atom stereocenters. The molecule has 0 aromatic heterocycles. The molecule has 0 spiro atoms. The summed E-state index contributed by atoms with van der Waals surface area (Å²) in [6.45, 7) is 3.53. The van der Waals surface area contributed by atoms with Gasteiger partial charge in [0.1, 0.15) is 0 Å². The highest BCUT2D eigenvalue weighted by Crippen LogP contribution is 2.38. The van der Waals surface area contributed by atoms with Gasteiger partial charge in [0.25, 0.3) is 0 Å². The van der Waals surface area contributed by atoms with Crippen LogP contribution in [0, 0.1) is 5.92 Å². The average Bonchev–Trinajstić information content (AvgIpc) is 2.73. The number of piperidine rings is 1. The summed E-state index contributed by atoms with van der Waals surface area (Å²) in [6, 6.07) is 6.60. The highest BCUT2D eigenvalue weighted by atomic mass is 79.9. The molecule has 2 aliphatic rings. The number of halogens is 1. The minimum absolute atomic E-state index is 0.701. The van der Waals surface area contributed by atoms with Crippen LogP contribution in [0.15, 0.2) is 22.7 Å². The van der Waals surface area contributed by atoms with Gasteiger partial charge in [-0.05, 0) is 62.0 Å². The van der Waals surface area contributed by atoms with E-state index in [0.717, 1.165) is 12.5 Å². The second-order valence-electron chi connectivity index (χ2n) is 5.26. The molecule has 92 valence electrons. The van der Waals surface area contributed by atoms with E-state index in [9.17, 15) is 0 Å². The van der Waals surface area contributed by atoms with Gasteiger partial charge in [-0.1, -0.05) is 15.9 Å². The van der Waals surface area contributed by atoms with Gasteiger partial charge in [-0.15, -0.1) is 0 Å². The van der Waals surface area contributed by atoms with Crippen molar-refractivity contribution in [3.05, 3.63) is 28.2 Å². The molecular formula is C14H19BrN2. The van der Waals surface area contributed by atoms with E-state index in [1.54, 1.807) is 0 Å². The zero-order chi connectivity index (χ0) is 11.7. The summed E-state index contributed by atoms with van der Waals surface area (Å²) in [4.78, 5) is 0. The Balaban J connectivity index is 1.72. The predicted molar refractivity (Wildman–Crippen MR) is 75.6 cm³/mol. The normalized spacial score (nSPS) is 27.6. The van der Waals surface area contributed by atoms with E-state index in [2.05, 4.69) is 44.8 Å². The second-order valence-corrected chi connectivity index (χ2v) is 6.17. The Labute approximate surface area is 111 Å². The molecular weight excluding hydrogens is 276 g/mol. The van der Waals surface area contributed by atoms with Crippen LogP contribution >= 0.6 is 15.9 Å². The third-order valence-corrected chi connectivity index (χ3v) is 4.50. The van der Waals surface area contributed by atoms with Crippen molar-refractivity contribution in [1.29, 1.82) is 0 Å². The first-order chi connectivity index (χ1) is 8.33. The van der Waals surface area contributed by atoms with Crippen LogP contribution in [0.3, 0.4) is 0 Å². The van der Waals surface area contributed by atoms with Crippen LogP contribution < -0.4 is 10.6 Å². The molecule has 0 saturated carbocycles. The van der Waals surface area contributed by atoms with E-state index < -0.39 is 0 Å². The molecule has 0 bridgehead atoms. The Kier molecular flexibility index (Phi) is 3.39. The maximum Gasteiger partial charge on any atom is 0.0377 e. The second kappa shape index (κ2) is 4.99. The fourth-order valence-corrected chi connectivity index (χ4v) is 3.49. The summed E-state index contributed by atoms with van der Waals surface area (Å²) in [6.07, 6.45) is 4.06. The highest BCUT2D eigenvalue weighted by Gasteiger charge is 2.26. The number of benzene rings is 1. The monoisotopic (exact) mass is 294 g/mol. The minimum Gasteiger partial charge on any atom is -0.384 e. The number of hydrogen-bond acceptors (Lipinski definition) is 2. The number of anilines is 1. The fraction of sp³-hybridized carbons (Fsp3) is 0.571. The Morgan fingerprint density at radius 3 is 3.06 bits per heavy atom. The zero-order valence-corrected chi connectivity index (χ0v) is 11.6. The largest absolute Gasteiger partial charge is 0.384 e. The average molecular weight is 295 g/mol. The number of hydrogen-bond donors (Lipinski definition) is 2. The Morgan fingerprint density at radius 1 is 1.29 bits per heavy atom. The lowest BCUT2D eigenvalue weighted by molar-refractivity contribution is 0.340. The van der Waals surface area contributed by atoms with Crippen molar-refractivity contribution in [2.45, 2.75) is 25.2 Å². The SMILES string of the molecule is Brc1ccc2c(c1)C(CC1CCCNC1)CN2. The van der Waals surface area contributed by atoms with Gasteiger partial charge in [-0.2, -0.15) is 0 Å². The van der Waals surface area contributed by atoms with Gasteiger partial charge in [0, 0.05) is 22.6 Å². The minimum atomic E-state index is 0.701. The maximum atomic E-state index is 3.58. The van der Waals surface area contributed by atoms with E-state index in [1.807, 2.05) is 0 Å². The lowest BCUT2D eigenvalue weighted by Crippen LogP contribution is -2.30. The quantitative estimate of drug-likeness (QED) is 0.874. The van der Waals surface area contributed by atoms with Crippen molar-refractivity contribution in [2.24, 2.45) is 5.92 Å². The highest BCUT2D eigenvalue weighted by molar-refractivity contribution is 9.10. The summed E-state index contributed by atoms with van der Waals surface area (Å²) >= 11 is 3.58. The lowest BCUT2D eigenvalue weighted by atomic mass is 9.86. The first-order valence-electron chi connectivity index (χ1n) is 6.57. The van der Waals surface area contributed by atoms with E-state index in [0.29, 0.717) is 5.92 Å². The molecule has 2 aliphatic heterocycles. The van der Waals surface area contributed by atoms with Gasteiger partial charge in [0.15, 0.2) is 0 Å². The van der Waals surface area contributed by atoms with Gasteiger partial charge in [-0.25, -0.2) is 0 Å². The van der Waals surface area contributed by atoms with Crippen molar-refractivity contribution in [3.63, 3.8) is 0 Å². The fourth-order valence-electron chi connectivity index (χ4n) is 3.11. The van der Waals surface area contributed by atoms with Crippen LogP contribution in [0.1, 0.15) is 30.7 Å². The smallest absolute Gasteiger partial charge is 0.0377 e. The maximum absolute atomic E-state index is 3.58. The Bertz CT molecular complexity index is 399. The molecule has 3 heteroatoms. The molecule has 0 amide bonds. The summed E-state index contributed by atoms with van der Waals surface area (Å²) in [5.41, 5.74) is 2.84. The lowest BCUT2D eigenvalue weighted by Gasteiger charge is -2.25. The van der Waals surface area contributed by atoms with Gasteiger partial charge in [0.05, 0.1) is 0 Å². The predicted octanol–water partition coefficient (Wildman–Crippen LogP) is 3.35. The third kappa shape index (κ3) is 2.50. The van der Waals surface area contributed by atoms with E-state index in [4.69, 9.17) is 0 Å². The summed E-state index contributed by atoms with van der Waals surface area (Å²) in [7, 11) is 0. The van der Waals surface area contributed by atoms with E-state index >= 15 is 0 Å². The number of nitrogens with one attached hydrogen (secondary N) is 2. The molecule has 2 atom stereocenters. The van der Waals surface area contributed by atoms with Gasteiger partial charge in [-0.3, -0.25) is 0 Å². The topological polar surface area (TPSA) is 24.1 Å². The molecule has 0 aliphatic carbocycles. The molecule has 2 heterocycles. The summed E-state index contributed by atoms with van der Waals surface area (Å²) in [5.74, 6) is 1.56. The molecule has 3 rings (SSSR count). The van der Waals surface area contributed by atoms with Crippen molar-refractivity contribution >= 4 is 21.6 Å². The van der Waals surface area contributed by atoms with Crippen LogP contribution in [-0.4, -0.2) is 19.6 Å². The van der Waals surface area contributed by atoms with Crippen molar-refractivity contribution in [1.82, 2.24) is 5.32 Å².